The number of carboxylic acid groups (broad SMARTS) is 1. The van der Waals surface area contributed by atoms with E-state index in [-0.39, 0.29) is 31.0 Å². The van der Waals surface area contributed by atoms with Crippen LogP contribution in [-0.4, -0.2) is 28.6 Å². The van der Waals surface area contributed by atoms with Crippen molar-refractivity contribution >= 4 is 5.97 Å². The Morgan fingerprint density at radius 3 is 2.47 bits per heavy atom. The monoisotopic (exact) mass is 221 g/mol. The number of aliphatic carboxylic acids is 1. The van der Waals surface area contributed by atoms with Gasteiger partial charge in [0, 0.05) is 25.6 Å². The predicted octanol–water partition coefficient (Wildman–Crippen LogP) is 0.0921. The van der Waals surface area contributed by atoms with E-state index >= 15 is 0 Å². The van der Waals surface area contributed by atoms with Gasteiger partial charge in [0.1, 0.15) is 0 Å². The first-order valence-corrected chi connectivity index (χ1v) is 4.41. The first kappa shape index (κ1) is 11.7. The maximum absolute atomic E-state index is 12.5. The zero-order valence-electron chi connectivity index (χ0n) is 7.99. The molecule has 7 heteroatoms. The molecule has 0 aliphatic heterocycles. The molecule has 0 aromatic heterocycles. The lowest BCUT2D eigenvalue weighted by Crippen LogP contribution is -2.45. The molecule has 1 aliphatic rings. The third kappa shape index (κ3) is 2.79. The molecule has 0 atom stereocenters. The van der Waals surface area contributed by atoms with Gasteiger partial charge in [0.15, 0.2) is 5.70 Å². The fourth-order valence-electron chi connectivity index (χ4n) is 1.58. The highest BCUT2D eigenvalue weighted by Crippen LogP contribution is 2.42. The molecule has 86 valence electrons. The van der Waals surface area contributed by atoms with E-state index in [1.807, 2.05) is 0 Å². The summed E-state index contributed by atoms with van der Waals surface area (Å²) in [4.78, 5) is 10.6. The highest BCUT2D eigenvalue weighted by atomic mass is 19.3. The molecule has 0 aromatic rings. The summed E-state index contributed by atoms with van der Waals surface area (Å²) in [7, 11) is 0. The van der Waals surface area contributed by atoms with Crippen LogP contribution in [-0.2, 0) is 4.79 Å². The summed E-state index contributed by atoms with van der Waals surface area (Å²) in [6.45, 7) is 0.0743. The molecule has 15 heavy (non-hydrogen) atoms. The Kier molecular flexibility index (Phi) is 3.13. The van der Waals surface area contributed by atoms with E-state index in [0.29, 0.717) is 0 Å². The van der Waals surface area contributed by atoms with Gasteiger partial charge in [-0.05, 0) is 5.92 Å². The summed E-state index contributed by atoms with van der Waals surface area (Å²) in [5.41, 5.74) is 4.76. The van der Waals surface area contributed by atoms with Crippen LogP contribution < -0.4 is 11.6 Å². The zero-order valence-corrected chi connectivity index (χ0v) is 7.99. The second kappa shape index (κ2) is 4.01. The number of hydrogen-bond acceptors (Lipinski definition) is 4. The number of carbonyl (C=O) groups is 1. The van der Waals surface area contributed by atoms with E-state index in [2.05, 4.69) is 0 Å². The van der Waals surface area contributed by atoms with Crippen molar-refractivity contribution < 1.29 is 18.7 Å². The van der Waals surface area contributed by atoms with Crippen LogP contribution in [0.5, 0.6) is 0 Å². The molecule has 5 nitrogen and oxygen atoms in total. The summed E-state index contributed by atoms with van der Waals surface area (Å²) in [5, 5.41) is 9.52. The lowest BCUT2D eigenvalue weighted by Gasteiger charge is -2.37. The van der Waals surface area contributed by atoms with Crippen molar-refractivity contribution in [1.82, 2.24) is 5.01 Å². The Bertz CT molecular complexity index is 286. The number of carboxylic acids is 1. The molecule has 0 unspecified atom stereocenters. The quantitative estimate of drug-likeness (QED) is 0.355. The molecule has 0 radical (unpaired) electrons. The Morgan fingerprint density at radius 2 is 2.13 bits per heavy atom. The molecule has 1 saturated carbocycles. The molecule has 5 N–H and O–H groups in total. The van der Waals surface area contributed by atoms with Crippen LogP contribution in [0.25, 0.3) is 0 Å². The minimum atomic E-state index is -2.62. The maximum Gasteiger partial charge on any atom is 0.355 e. The first-order chi connectivity index (χ1) is 6.85. The van der Waals surface area contributed by atoms with E-state index in [1.165, 1.54) is 0 Å². The smallest absolute Gasteiger partial charge is 0.355 e. The van der Waals surface area contributed by atoms with Gasteiger partial charge in [-0.3, -0.25) is 0 Å². The first-order valence-electron chi connectivity index (χ1n) is 4.41. The summed E-state index contributed by atoms with van der Waals surface area (Å²) in [5.74, 6) is 1.21. The molecule has 0 amide bonds. The zero-order chi connectivity index (χ0) is 11.6. The second-order valence-electron chi connectivity index (χ2n) is 3.64. The van der Waals surface area contributed by atoms with Crippen molar-refractivity contribution in [2.24, 2.45) is 17.5 Å². The lowest BCUT2D eigenvalue weighted by molar-refractivity contribution is -0.135. The lowest BCUT2D eigenvalue weighted by atomic mass is 9.81. The fraction of sp³-hybridized carbons (Fsp3) is 0.625. The minimum Gasteiger partial charge on any atom is -0.476 e. The Morgan fingerprint density at radius 1 is 1.60 bits per heavy atom. The predicted molar refractivity (Wildman–Crippen MR) is 48.5 cm³/mol. The number of hydrogen-bond donors (Lipinski definition) is 3. The van der Waals surface area contributed by atoms with Crippen LogP contribution in [0.15, 0.2) is 11.9 Å². The highest BCUT2D eigenvalue weighted by Gasteiger charge is 2.45. The van der Waals surface area contributed by atoms with Crippen LogP contribution >= 0.6 is 0 Å². The van der Waals surface area contributed by atoms with Gasteiger partial charge in [-0.1, -0.05) is 0 Å². The average Bonchev–Trinajstić information content (AvgIpc) is 2.00. The van der Waals surface area contributed by atoms with E-state index in [4.69, 9.17) is 16.7 Å². The molecule has 0 aromatic carbocycles. The molecule has 1 fully saturated rings. The number of nitrogens with two attached hydrogens (primary N) is 2. The Hall–Kier alpha value is -1.37. The maximum atomic E-state index is 12.5. The topological polar surface area (TPSA) is 92.6 Å². The van der Waals surface area contributed by atoms with Crippen molar-refractivity contribution in [2.75, 3.05) is 6.54 Å². The number of alkyl halides is 2. The largest absolute Gasteiger partial charge is 0.476 e. The van der Waals surface area contributed by atoms with E-state index in [9.17, 15) is 13.6 Å². The summed E-state index contributed by atoms with van der Waals surface area (Å²) < 4.78 is 24.9. The van der Waals surface area contributed by atoms with Gasteiger partial charge in [-0.2, -0.15) is 0 Å². The van der Waals surface area contributed by atoms with Crippen LogP contribution in [0.2, 0.25) is 0 Å². The van der Waals surface area contributed by atoms with Gasteiger partial charge in [-0.15, -0.1) is 0 Å². The SMILES string of the molecule is N/C=C(/C(=O)O)N(N)CC1CC(F)(F)C1. The molecule has 1 rings (SSSR count). The third-order valence-corrected chi connectivity index (χ3v) is 2.32. The van der Waals surface area contributed by atoms with Gasteiger partial charge in [0.2, 0.25) is 5.92 Å². The number of nitrogens with zero attached hydrogens (tertiary/aromatic N) is 1. The van der Waals surface area contributed by atoms with Crippen LogP contribution in [0.1, 0.15) is 12.8 Å². The van der Waals surface area contributed by atoms with Gasteiger partial charge >= 0.3 is 5.97 Å². The normalized spacial score (nSPS) is 20.9. The standard InChI is InChI=1S/C8H13F2N3O2/c9-8(10)1-5(2-8)4-13(12)6(3-11)7(14)15/h3,5H,1-2,4,11-12H2,(H,14,15)/b6-3-. The van der Waals surface area contributed by atoms with Gasteiger partial charge in [-0.25, -0.2) is 19.4 Å². The molecule has 0 heterocycles. The van der Waals surface area contributed by atoms with Gasteiger partial charge < -0.3 is 15.8 Å². The van der Waals surface area contributed by atoms with E-state index in [0.717, 1.165) is 11.2 Å². The van der Waals surface area contributed by atoms with Crippen molar-refractivity contribution in [1.29, 1.82) is 0 Å². The van der Waals surface area contributed by atoms with Crippen molar-refractivity contribution in [2.45, 2.75) is 18.8 Å². The summed E-state index contributed by atoms with van der Waals surface area (Å²) >= 11 is 0. The average molecular weight is 221 g/mol. The Balaban J connectivity index is 2.43. The third-order valence-electron chi connectivity index (χ3n) is 2.32. The molecular weight excluding hydrogens is 208 g/mol. The van der Waals surface area contributed by atoms with Crippen LogP contribution in [0.4, 0.5) is 8.78 Å². The summed E-state index contributed by atoms with van der Waals surface area (Å²) in [6, 6.07) is 0. The van der Waals surface area contributed by atoms with E-state index < -0.39 is 11.9 Å². The molecule has 0 spiro atoms. The molecule has 1 aliphatic carbocycles. The second-order valence-corrected chi connectivity index (χ2v) is 3.64. The number of hydrazine groups is 1. The van der Waals surface area contributed by atoms with Crippen molar-refractivity contribution in [3.8, 4) is 0 Å². The van der Waals surface area contributed by atoms with Crippen LogP contribution in [0.3, 0.4) is 0 Å². The van der Waals surface area contributed by atoms with Gasteiger partial charge in [0.25, 0.3) is 0 Å². The van der Waals surface area contributed by atoms with E-state index in [1.54, 1.807) is 0 Å². The highest BCUT2D eigenvalue weighted by molar-refractivity contribution is 5.85. The number of halogens is 2. The van der Waals surface area contributed by atoms with Crippen LogP contribution in [0, 0.1) is 5.92 Å². The Labute approximate surface area is 85.3 Å². The molecule has 0 saturated heterocycles. The van der Waals surface area contributed by atoms with Crippen molar-refractivity contribution in [3.05, 3.63) is 11.9 Å². The fourth-order valence-corrected chi connectivity index (χ4v) is 1.58. The van der Waals surface area contributed by atoms with Crippen molar-refractivity contribution in [3.63, 3.8) is 0 Å². The molecule has 0 bridgehead atoms. The summed E-state index contributed by atoms with van der Waals surface area (Å²) in [6.07, 6.45) is 0.343. The molecular formula is C8H13F2N3O2. The number of rotatable bonds is 4. The van der Waals surface area contributed by atoms with Gasteiger partial charge in [0.05, 0.1) is 0 Å². The minimum absolute atomic E-state index is 0.0743.